The fourth-order valence-corrected chi connectivity index (χ4v) is 4.73. The van der Waals surface area contributed by atoms with Gasteiger partial charge in [-0.15, -0.1) is 23.5 Å². The van der Waals surface area contributed by atoms with E-state index >= 15 is 0 Å². The molecule has 2 heterocycles. The maximum absolute atomic E-state index is 4.53. The minimum absolute atomic E-state index is 0.990. The monoisotopic (exact) mass is 366 g/mol. The van der Waals surface area contributed by atoms with E-state index in [9.17, 15) is 0 Å². The lowest BCUT2D eigenvalue weighted by atomic mass is 10.2. The summed E-state index contributed by atoms with van der Waals surface area (Å²) in [6.45, 7) is 2.41. The number of thioether (sulfide) groups is 2. The number of nitrogens with zero attached hydrogens (tertiary/aromatic N) is 2. The highest BCUT2D eigenvalue weighted by Gasteiger charge is 2.12. The Labute approximate surface area is 158 Å². The summed E-state index contributed by atoms with van der Waals surface area (Å²) in [7, 11) is 0. The Morgan fingerprint density at radius 1 is 1.00 bits per heavy atom. The van der Waals surface area contributed by atoms with Crippen molar-refractivity contribution in [1.29, 1.82) is 0 Å². The highest BCUT2D eigenvalue weighted by atomic mass is 32.2. The predicted molar refractivity (Wildman–Crippen MR) is 111 cm³/mol. The Balaban J connectivity index is 1.48. The van der Waals surface area contributed by atoms with Gasteiger partial charge in [0.15, 0.2) is 0 Å². The number of hydrogen-bond donors (Lipinski definition) is 0. The summed E-state index contributed by atoms with van der Waals surface area (Å²) in [5.74, 6) is 0.990. The normalized spacial score (nSPS) is 14.4. The Hall–Kier alpha value is -1.65. The van der Waals surface area contributed by atoms with Crippen LogP contribution in [-0.2, 0) is 5.75 Å². The molecule has 1 aliphatic rings. The molecule has 2 aromatic carbocycles. The maximum atomic E-state index is 4.53. The molecular weight excluding hydrogens is 344 g/mol. The molecule has 4 rings (SSSR count). The van der Waals surface area contributed by atoms with Crippen molar-refractivity contribution < 1.29 is 0 Å². The second-order valence-electron chi connectivity index (χ2n) is 6.34. The van der Waals surface area contributed by atoms with Crippen molar-refractivity contribution >= 4 is 40.1 Å². The molecule has 0 bridgehead atoms. The summed E-state index contributed by atoms with van der Waals surface area (Å²) in [6.07, 6.45) is 6.67. The molecule has 0 aliphatic carbocycles. The van der Waals surface area contributed by atoms with E-state index in [1.54, 1.807) is 11.8 Å². The number of hydrogen-bond acceptors (Lipinski definition) is 4. The van der Waals surface area contributed by atoms with Crippen LogP contribution in [-0.4, -0.2) is 24.3 Å². The van der Waals surface area contributed by atoms with E-state index in [0.29, 0.717) is 0 Å². The summed E-state index contributed by atoms with van der Waals surface area (Å²) in [4.78, 5) is 9.58. The lowest BCUT2D eigenvalue weighted by Crippen LogP contribution is -2.17. The standard InChI is InChI=1S/C21H22N2S2/c1-24-18-8-9-19-20(14-18)22-11-10-21(19)25-15-16-4-6-17(7-5-16)23-12-2-3-13-23/h4-11,14H,2-3,12-13,15H2,1H3. The number of fused-ring (bicyclic) bond motifs is 1. The third-order valence-electron chi connectivity index (χ3n) is 4.71. The minimum Gasteiger partial charge on any atom is -0.372 e. The van der Waals surface area contributed by atoms with Crippen LogP contribution in [0.2, 0.25) is 0 Å². The molecule has 2 nitrogen and oxygen atoms in total. The number of aromatic nitrogens is 1. The number of benzene rings is 2. The quantitative estimate of drug-likeness (QED) is 0.526. The second kappa shape index (κ2) is 7.71. The van der Waals surface area contributed by atoms with Gasteiger partial charge in [0.25, 0.3) is 0 Å². The van der Waals surface area contributed by atoms with Crippen molar-refractivity contribution in [2.75, 3.05) is 24.2 Å². The second-order valence-corrected chi connectivity index (χ2v) is 8.24. The molecule has 0 amide bonds. The maximum Gasteiger partial charge on any atom is 0.0724 e. The molecule has 1 aromatic heterocycles. The van der Waals surface area contributed by atoms with Gasteiger partial charge in [-0.05, 0) is 55.0 Å². The van der Waals surface area contributed by atoms with Gasteiger partial charge in [0.1, 0.15) is 0 Å². The molecule has 3 aromatic rings. The van der Waals surface area contributed by atoms with Gasteiger partial charge in [-0.1, -0.05) is 18.2 Å². The number of anilines is 1. The fourth-order valence-electron chi connectivity index (χ4n) is 3.29. The zero-order chi connectivity index (χ0) is 17.1. The minimum atomic E-state index is 0.990. The van der Waals surface area contributed by atoms with Gasteiger partial charge in [0.05, 0.1) is 5.52 Å². The van der Waals surface area contributed by atoms with Crippen LogP contribution in [0, 0.1) is 0 Å². The Morgan fingerprint density at radius 2 is 1.80 bits per heavy atom. The molecule has 0 radical (unpaired) electrons. The summed E-state index contributed by atoms with van der Waals surface area (Å²) in [6, 6.07) is 17.8. The van der Waals surface area contributed by atoms with E-state index in [1.165, 1.54) is 52.4 Å². The van der Waals surface area contributed by atoms with Crippen molar-refractivity contribution in [3.05, 3.63) is 60.3 Å². The predicted octanol–water partition coefficient (Wildman–Crippen LogP) is 5.85. The molecule has 128 valence electrons. The number of pyridine rings is 1. The van der Waals surface area contributed by atoms with Crippen LogP contribution >= 0.6 is 23.5 Å². The van der Waals surface area contributed by atoms with E-state index in [1.807, 2.05) is 18.0 Å². The van der Waals surface area contributed by atoms with Crippen LogP contribution in [0.4, 0.5) is 5.69 Å². The molecule has 25 heavy (non-hydrogen) atoms. The van der Waals surface area contributed by atoms with Crippen LogP contribution in [0.1, 0.15) is 18.4 Å². The summed E-state index contributed by atoms with van der Waals surface area (Å²) >= 11 is 3.65. The molecule has 0 unspecified atom stereocenters. The van der Waals surface area contributed by atoms with Crippen LogP contribution in [0.3, 0.4) is 0 Å². The molecule has 0 atom stereocenters. The van der Waals surface area contributed by atoms with Crippen molar-refractivity contribution in [1.82, 2.24) is 4.98 Å². The van der Waals surface area contributed by atoms with E-state index in [0.717, 1.165) is 11.3 Å². The average molecular weight is 367 g/mol. The average Bonchev–Trinajstić information content (AvgIpc) is 3.21. The first kappa shape index (κ1) is 16.8. The van der Waals surface area contributed by atoms with Crippen molar-refractivity contribution in [2.24, 2.45) is 0 Å². The molecule has 0 N–H and O–H groups in total. The summed E-state index contributed by atoms with van der Waals surface area (Å²) in [5, 5.41) is 1.25. The smallest absolute Gasteiger partial charge is 0.0724 e. The van der Waals surface area contributed by atoms with Crippen molar-refractivity contribution in [3.63, 3.8) is 0 Å². The largest absolute Gasteiger partial charge is 0.372 e. The first-order chi connectivity index (χ1) is 12.3. The summed E-state index contributed by atoms with van der Waals surface area (Å²) < 4.78 is 0. The Bertz CT molecular complexity index is 855. The molecule has 1 fully saturated rings. The highest BCUT2D eigenvalue weighted by molar-refractivity contribution is 7.99. The first-order valence-electron chi connectivity index (χ1n) is 8.73. The zero-order valence-corrected chi connectivity index (χ0v) is 16.1. The van der Waals surface area contributed by atoms with E-state index < -0.39 is 0 Å². The van der Waals surface area contributed by atoms with E-state index in [-0.39, 0.29) is 0 Å². The van der Waals surface area contributed by atoms with Gasteiger partial charge >= 0.3 is 0 Å². The van der Waals surface area contributed by atoms with Gasteiger partial charge in [-0.2, -0.15) is 0 Å². The van der Waals surface area contributed by atoms with Crippen LogP contribution in [0.15, 0.2) is 64.5 Å². The van der Waals surface area contributed by atoms with Crippen LogP contribution in [0.25, 0.3) is 10.9 Å². The zero-order valence-electron chi connectivity index (χ0n) is 14.4. The number of rotatable bonds is 5. The van der Waals surface area contributed by atoms with Gasteiger partial charge in [-0.3, -0.25) is 4.98 Å². The molecule has 0 spiro atoms. The lowest BCUT2D eigenvalue weighted by Gasteiger charge is -2.17. The van der Waals surface area contributed by atoms with Crippen molar-refractivity contribution in [2.45, 2.75) is 28.4 Å². The van der Waals surface area contributed by atoms with Gasteiger partial charge in [0.2, 0.25) is 0 Å². The highest BCUT2D eigenvalue weighted by Crippen LogP contribution is 2.31. The van der Waals surface area contributed by atoms with Gasteiger partial charge in [0, 0.05) is 45.9 Å². The molecular formula is C21H22N2S2. The lowest BCUT2D eigenvalue weighted by molar-refractivity contribution is 0.949. The third-order valence-corrected chi connectivity index (χ3v) is 6.58. The fraction of sp³-hybridized carbons (Fsp3) is 0.286. The molecule has 1 aliphatic heterocycles. The molecule has 0 saturated carbocycles. The molecule has 1 saturated heterocycles. The van der Waals surface area contributed by atoms with E-state index in [4.69, 9.17) is 0 Å². The Kier molecular flexibility index (Phi) is 5.18. The van der Waals surface area contributed by atoms with E-state index in [2.05, 4.69) is 64.7 Å². The van der Waals surface area contributed by atoms with Crippen LogP contribution in [0.5, 0.6) is 0 Å². The first-order valence-corrected chi connectivity index (χ1v) is 10.9. The summed E-state index contributed by atoms with van der Waals surface area (Å²) in [5.41, 5.74) is 3.82. The van der Waals surface area contributed by atoms with Crippen LogP contribution < -0.4 is 4.90 Å². The molecule has 4 heteroatoms. The topological polar surface area (TPSA) is 16.1 Å². The van der Waals surface area contributed by atoms with Gasteiger partial charge in [-0.25, -0.2) is 0 Å². The van der Waals surface area contributed by atoms with Gasteiger partial charge < -0.3 is 4.90 Å². The Morgan fingerprint density at radius 3 is 2.56 bits per heavy atom. The van der Waals surface area contributed by atoms with Crippen molar-refractivity contribution in [3.8, 4) is 0 Å². The third kappa shape index (κ3) is 3.80. The SMILES string of the molecule is CSc1ccc2c(SCc3ccc(N4CCCC4)cc3)ccnc2c1.